The lowest BCUT2D eigenvalue weighted by Crippen LogP contribution is -2.57. The summed E-state index contributed by atoms with van der Waals surface area (Å²) in [4.78, 5) is 15.7. The van der Waals surface area contributed by atoms with E-state index in [4.69, 9.17) is 10.00 Å². The number of morpholine rings is 1. The number of carbonyl (C=O) groups is 1. The third-order valence-corrected chi connectivity index (χ3v) is 5.88. The highest BCUT2D eigenvalue weighted by Crippen LogP contribution is 2.35. The predicted octanol–water partition coefficient (Wildman–Crippen LogP) is 3.73. The van der Waals surface area contributed by atoms with E-state index in [1.807, 2.05) is 19.1 Å². The van der Waals surface area contributed by atoms with Gasteiger partial charge in [-0.25, -0.2) is 0 Å². The van der Waals surface area contributed by atoms with Crippen LogP contribution in [0.2, 0.25) is 0 Å². The molecular weight excluding hydrogens is 336 g/mol. The van der Waals surface area contributed by atoms with E-state index in [0.717, 1.165) is 24.9 Å². The standard InChI is InChI=1S/C23H24N2O2/c1-16-7-8-18(12-24)9-22(16)23(26)19-10-20-14-27-15-21(11-19)25(20)13-17-5-3-2-4-6-17/h2-9,19-21H,10-11,13-15H2,1H3. The SMILES string of the molecule is Cc1ccc(C#N)cc1C(=O)C1CC2COCC(C1)N2Cc1ccccc1. The zero-order valence-corrected chi connectivity index (χ0v) is 15.6. The highest BCUT2D eigenvalue weighted by atomic mass is 16.5. The number of ether oxygens (including phenoxy) is 1. The monoisotopic (exact) mass is 360 g/mol. The van der Waals surface area contributed by atoms with Crippen LogP contribution in [0.25, 0.3) is 0 Å². The van der Waals surface area contributed by atoms with Crippen LogP contribution in [0.4, 0.5) is 0 Å². The molecule has 2 bridgehead atoms. The Bertz CT molecular complexity index is 858. The summed E-state index contributed by atoms with van der Waals surface area (Å²) in [6.07, 6.45) is 1.64. The van der Waals surface area contributed by atoms with Crippen molar-refractivity contribution in [1.82, 2.24) is 4.90 Å². The minimum absolute atomic E-state index is 0.00330. The number of carbonyl (C=O) groups excluding carboxylic acids is 1. The molecule has 2 unspecified atom stereocenters. The fraction of sp³-hybridized carbons (Fsp3) is 0.391. The Labute approximate surface area is 160 Å². The molecule has 2 atom stereocenters. The number of benzene rings is 2. The van der Waals surface area contributed by atoms with Crippen molar-refractivity contribution in [2.45, 2.75) is 38.4 Å². The topological polar surface area (TPSA) is 53.3 Å². The van der Waals surface area contributed by atoms with Crippen LogP contribution in [0.3, 0.4) is 0 Å². The number of Topliss-reactive ketones (excluding diaryl/α,β-unsaturated/α-hetero) is 1. The average molecular weight is 360 g/mol. The smallest absolute Gasteiger partial charge is 0.166 e. The van der Waals surface area contributed by atoms with Gasteiger partial charge in [0.25, 0.3) is 0 Å². The van der Waals surface area contributed by atoms with Crippen LogP contribution in [0.5, 0.6) is 0 Å². The molecule has 0 amide bonds. The van der Waals surface area contributed by atoms with Crippen molar-refractivity contribution in [3.8, 4) is 6.07 Å². The zero-order chi connectivity index (χ0) is 18.8. The second kappa shape index (κ2) is 7.64. The van der Waals surface area contributed by atoms with E-state index in [0.29, 0.717) is 24.3 Å². The summed E-state index contributed by atoms with van der Waals surface area (Å²) in [6, 6.07) is 18.6. The molecule has 2 aromatic rings. The number of nitriles is 1. The van der Waals surface area contributed by atoms with Gasteiger partial charge in [-0.05, 0) is 43.0 Å². The van der Waals surface area contributed by atoms with Gasteiger partial charge in [-0.15, -0.1) is 0 Å². The number of hydrogen-bond acceptors (Lipinski definition) is 4. The van der Waals surface area contributed by atoms with Gasteiger partial charge >= 0.3 is 0 Å². The van der Waals surface area contributed by atoms with Crippen molar-refractivity contribution in [1.29, 1.82) is 5.26 Å². The Balaban J connectivity index is 1.53. The maximum atomic E-state index is 13.2. The molecule has 0 aromatic heterocycles. The summed E-state index contributed by atoms with van der Waals surface area (Å²) in [7, 11) is 0. The molecule has 2 fully saturated rings. The zero-order valence-electron chi connectivity index (χ0n) is 15.6. The number of hydrogen-bond donors (Lipinski definition) is 0. The molecule has 0 aliphatic carbocycles. The average Bonchev–Trinajstić information content (AvgIpc) is 2.68. The van der Waals surface area contributed by atoms with Crippen LogP contribution < -0.4 is 0 Å². The number of nitrogens with zero attached hydrogens (tertiary/aromatic N) is 2. The third kappa shape index (κ3) is 3.66. The van der Waals surface area contributed by atoms with Crippen LogP contribution >= 0.6 is 0 Å². The van der Waals surface area contributed by atoms with E-state index in [2.05, 4.69) is 35.2 Å². The second-order valence-corrected chi connectivity index (χ2v) is 7.68. The number of aryl methyl sites for hydroxylation is 1. The largest absolute Gasteiger partial charge is 0.378 e. The van der Waals surface area contributed by atoms with Gasteiger partial charge in [-0.2, -0.15) is 5.26 Å². The van der Waals surface area contributed by atoms with Gasteiger partial charge in [0.1, 0.15) is 0 Å². The molecule has 27 heavy (non-hydrogen) atoms. The van der Waals surface area contributed by atoms with E-state index in [1.165, 1.54) is 5.56 Å². The molecule has 4 rings (SSSR count). The van der Waals surface area contributed by atoms with Gasteiger partial charge in [0.05, 0.1) is 24.8 Å². The normalized spacial score (nSPS) is 25.0. The molecule has 0 spiro atoms. The minimum atomic E-state index is 0.00330. The van der Waals surface area contributed by atoms with E-state index >= 15 is 0 Å². The number of ketones is 1. The summed E-state index contributed by atoms with van der Waals surface area (Å²) in [6.45, 7) is 4.22. The van der Waals surface area contributed by atoms with Gasteiger partial charge in [-0.1, -0.05) is 36.4 Å². The molecule has 4 heteroatoms. The van der Waals surface area contributed by atoms with Gasteiger partial charge in [0.2, 0.25) is 0 Å². The summed E-state index contributed by atoms with van der Waals surface area (Å²) in [5, 5.41) is 9.17. The quantitative estimate of drug-likeness (QED) is 0.780. The van der Waals surface area contributed by atoms with E-state index in [9.17, 15) is 4.79 Å². The van der Waals surface area contributed by atoms with Crippen molar-refractivity contribution in [3.63, 3.8) is 0 Å². The van der Waals surface area contributed by atoms with Crippen LogP contribution in [-0.2, 0) is 11.3 Å². The Hall–Kier alpha value is -2.48. The molecule has 2 saturated heterocycles. The van der Waals surface area contributed by atoms with Gasteiger partial charge < -0.3 is 4.74 Å². The maximum Gasteiger partial charge on any atom is 0.166 e. The highest BCUT2D eigenvalue weighted by Gasteiger charge is 2.41. The van der Waals surface area contributed by atoms with Crippen LogP contribution in [0.15, 0.2) is 48.5 Å². The number of rotatable bonds is 4. The van der Waals surface area contributed by atoms with Crippen molar-refractivity contribution in [2.24, 2.45) is 5.92 Å². The molecule has 2 aromatic carbocycles. The van der Waals surface area contributed by atoms with Crippen LogP contribution in [0, 0.1) is 24.2 Å². The fourth-order valence-corrected chi connectivity index (χ4v) is 4.43. The first-order valence-electron chi connectivity index (χ1n) is 9.58. The molecule has 4 nitrogen and oxygen atoms in total. The molecule has 2 aliphatic heterocycles. The van der Waals surface area contributed by atoms with Crippen LogP contribution in [0.1, 0.15) is 39.9 Å². The first-order valence-corrected chi connectivity index (χ1v) is 9.58. The second-order valence-electron chi connectivity index (χ2n) is 7.68. The van der Waals surface area contributed by atoms with Crippen molar-refractivity contribution < 1.29 is 9.53 Å². The Morgan fingerprint density at radius 1 is 1.15 bits per heavy atom. The summed E-state index contributed by atoms with van der Waals surface area (Å²) in [5.74, 6) is 0.185. The third-order valence-electron chi connectivity index (χ3n) is 5.88. The van der Waals surface area contributed by atoms with Gasteiger partial charge in [0.15, 0.2) is 5.78 Å². The summed E-state index contributed by atoms with van der Waals surface area (Å²) < 4.78 is 5.80. The Morgan fingerprint density at radius 3 is 2.52 bits per heavy atom. The highest BCUT2D eigenvalue weighted by molar-refractivity contribution is 5.99. The first kappa shape index (κ1) is 17.9. The summed E-state index contributed by atoms with van der Waals surface area (Å²) >= 11 is 0. The fourth-order valence-electron chi connectivity index (χ4n) is 4.43. The molecule has 0 N–H and O–H groups in total. The Kier molecular flexibility index (Phi) is 5.07. The molecular formula is C23H24N2O2. The van der Waals surface area contributed by atoms with E-state index in [-0.39, 0.29) is 23.8 Å². The number of fused-ring (bicyclic) bond motifs is 2. The van der Waals surface area contributed by atoms with E-state index in [1.54, 1.807) is 12.1 Å². The van der Waals surface area contributed by atoms with Crippen molar-refractivity contribution >= 4 is 5.78 Å². The molecule has 138 valence electrons. The predicted molar refractivity (Wildman–Crippen MR) is 103 cm³/mol. The lowest BCUT2D eigenvalue weighted by Gasteiger charge is -2.48. The molecule has 2 heterocycles. The first-order chi connectivity index (χ1) is 13.2. The molecule has 0 saturated carbocycles. The minimum Gasteiger partial charge on any atom is -0.378 e. The van der Waals surface area contributed by atoms with Gasteiger partial charge in [0, 0.05) is 30.1 Å². The lowest BCUT2D eigenvalue weighted by molar-refractivity contribution is -0.0872. The number of piperidine rings is 1. The van der Waals surface area contributed by atoms with Crippen molar-refractivity contribution in [2.75, 3.05) is 13.2 Å². The van der Waals surface area contributed by atoms with Crippen molar-refractivity contribution in [3.05, 3.63) is 70.8 Å². The van der Waals surface area contributed by atoms with Gasteiger partial charge in [-0.3, -0.25) is 9.69 Å². The Morgan fingerprint density at radius 2 is 1.85 bits per heavy atom. The molecule has 2 aliphatic rings. The lowest BCUT2D eigenvalue weighted by atomic mass is 9.79. The summed E-state index contributed by atoms with van der Waals surface area (Å²) in [5.41, 5.74) is 3.51. The molecule has 0 radical (unpaired) electrons. The maximum absolute atomic E-state index is 13.2. The van der Waals surface area contributed by atoms with Crippen LogP contribution in [-0.4, -0.2) is 36.0 Å². The van der Waals surface area contributed by atoms with E-state index < -0.39 is 0 Å².